The van der Waals surface area contributed by atoms with Gasteiger partial charge in [-0.3, -0.25) is 0 Å². The maximum Gasteiger partial charge on any atom is 0.337 e. The summed E-state index contributed by atoms with van der Waals surface area (Å²) in [4.78, 5) is 15.0. The van der Waals surface area contributed by atoms with E-state index >= 15 is 0 Å². The minimum atomic E-state index is -1.11. The maximum atomic E-state index is 11.0. The van der Waals surface area contributed by atoms with Crippen LogP contribution in [0.5, 0.6) is 5.75 Å². The first-order valence-corrected chi connectivity index (χ1v) is 5.98. The molecule has 104 valence electrons. The fraction of sp³-hybridized carbons (Fsp3) is 0.0769. The summed E-state index contributed by atoms with van der Waals surface area (Å²) in [6.07, 6.45) is 1.29. The number of nitrogens with one attached hydrogen (secondary N) is 1. The highest BCUT2D eigenvalue weighted by molar-refractivity contribution is 6.32. The van der Waals surface area contributed by atoms with Crippen LogP contribution >= 0.6 is 11.6 Å². The summed E-state index contributed by atoms with van der Waals surface area (Å²) in [6, 6.07) is 6.43. The smallest absolute Gasteiger partial charge is 0.337 e. The molecule has 0 spiro atoms. The van der Waals surface area contributed by atoms with Gasteiger partial charge < -0.3 is 20.9 Å². The van der Waals surface area contributed by atoms with Crippen molar-refractivity contribution in [3.63, 3.8) is 0 Å². The van der Waals surface area contributed by atoms with Crippen LogP contribution in [0.15, 0.2) is 30.5 Å². The number of carbonyl (C=O) groups is 1. The number of rotatable bonds is 4. The molecular weight excluding hydrogens is 282 g/mol. The number of nitrogens with zero attached hydrogens (tertiary/aromatic N) is 1. The fourth-order valence-electron chi connectivity index (χ4n) is 1.60. The van der Waals surface area contributed by atoms with Crippen molar-refractivity contribution in [1.29, 1.82) is 0 Å². The average Bonchev–Trinajstić information content (AvgIpc) is 2.42. The Bertz CT molecular complexity index is 661. The summed E-state index contributed by atoms with van der Waals surface area (Å²) < 4.78 is 5.10. The Morgan fingerprint density at radius 3 is 2.85 bits per heavy atom. The van der Waals surface area contributed by atoms with Crippen LogP contribution in [0.25, 0.3) is 0 Å². The van der Waals surface area contributed by atoms with Crippen LogP contribution in [0.1, 0.15) is 10.4 Å². The number of anilines is 3. The van der Waals surface area contributed by atoms with Crippen molar-refractivity contribution < 1.29 is 14.6 Å². The van der Waals surface area contributed by atoms with E-state index < -0.39 is 5.97 Å². The summed E-state index contributed by atoms with van der Waals surface area (Å²) >= 11 is 5.92. The van der Waals surface area contributed by atoms with E-state index in [4.69, 9.17) is 27.2 Å². The number of halogens is 1. The molecule has 2 aromatic rings. The molecule has 0 bridgehead atoms. The van der Waals surface area contributed by atoms with Gasteiger partial charge in [0, 0.05) is 11.8 Å². The van der Waals surface area contributed by atoms with Gasteiger partial charge in [0.05, 0.1) is 29.6 Å². The fourth-order valence-corrected chi connectivity index (χ4v) is 1.80. The first-order chi connectivity index (χ1) is 9.51. The molecule has 1 aromatic heterocycles. The zero-order valence-electron chi connectivity index (χ0n) is 10.6. The Morgan fingerprint density at radius 1 is 1.45 bits per heavy atom. The van der Waals surface area contributed by atoms with Gasteiger partial charge >= 0.3 is 5.97 Å². The van der Waals surface area contributed by atoms with E-state index in [1.807, 2.05) is 0 Å². The number of carboxylic acids is 1. The van der Waals surface area contributed by atoms with Crippen molar-refractivity contribution in [3.8, 4) is 5.75 Å². The zero-order chi connectivity index (χ0) is 14.7. The molecule has 1 heterocycles. The molecule has 0 amide bonds. The number of aromatic nitrogens is 1. The summed E-state index contributed by atoms with van der Waals surface area (Å²) in [7, 11) is 1.51. The van der Waals surface area contributed by atoms with Crippen LogP contribution in [0.3, 0.4) is 0 Å². The van der Waals surface area contributed by atoms with Crippen molar-refractivity contribution in [1.82, 2.24) is 4.98 Å². The van der Waals surface area contributed by atoms with Crippen molar-refractivity contribution in [3.05, 3.63) is 41.0 Å². The summed E-state index contributed by atoms with van der Waals surface area (Å²) in [5.74, 6) is -0.242. The van der Waals surface area contributed by atoms with Crippen molar-refractivity contribution >= 4 is 34.8 Å². The third-order valence-electron chi connectivity index (χ3n) is 2.59. The number of nitrogens with two attached hydrogens (primary N) is 1. The second kappa shape index (κ2) is 5.66. The molecule has 0 aliphatic carbocycles. The second-order valence-electron chi connectivity index (χ2n) is 3.94. The monoisotopic (exact) mass is 293 g/mol. The zero-order valence-corrected chi connectivity index (χ0v) is 11.3. The highest BCUT2D eigenvalue weighted by atomic mass is 35.5. The molecule has 0 saturated heterocycles. The lowest BCUT2D eigenvalue weighted by molar-refractivity contribution is 0.0698. The summed E-state index contributed by atoms with van der Waals surface area (Å²) in [5.41, 5.74) is 6.30. The van der Waals surface area contributed by atoms with Gasteiger partial charge in [0.1, 0.15) is 11.6 Å². The molecule has 20 heavy (non-hydrogen) atoms. The molecule has 2 rings (SSSR count). The molecule has 0 aliphatic heterocycles. The minimum Gasteiger partial charge on any atom is -0.495 e. The van der Waals surface area contributed by atoms with E-state index in [0.717, 1.165) is 0 Å². The van der Waals surface area contributed by atoms with E-state index in [0.29, 0.717) is 22.3 Å². The molecule has 0 saturated carbocycles. The van der Waals surface area contributed by atoms with Gasteiger partial charge in [0.25, 0.3) is 0 Å². The molecule has 0 aliphatic rings. The van der Waals surface area contributed by atoms with Gasteiger partial charge in [-0.25, -0.2) is 9.78 Å². The van der Waals surface area contributed by atoms with E-state index in [1.54, 1.807) is 18.2 Å². The van der Waals surface area contributed by atoms with Gasteiger partial charge in [0.15, 0.2) is 0 Å². The number of ether oxygens (including phenoxy) is 1. The first-order valence-electron chi connectivity index (χ1n) is 5.60. The minimum absolute atomic E-state index is 0.0107. The molecule has 4 N–H and O–H groups in total. The lowest BCUT2D eigenvalue weighted by Gasteiger charge is -2.10. The Kier molecular flexibility index (Phi) is 3.95. The van der Waals surface area contributed by atoms with Crippen LogP contribution in [-0.4, -0.2) is 23.2 Å². The van der Waals surface area contributed by atoms with Crippen LogP contribution in [0.4, 0.5) is 17.2 Å². The highest BCUT2D eigenvalue weighted by Crippen LogP contribution is 2.29. The summed E-state index contributed by atoms with van der Waals surface area (Å²) in [5, 5.41) is 12.4. The third kappa shape index (κ3) is 2.92. The van der Waals surface area contributed by atoms with Gasteiger partial charge in [-0.15, -0.1) is 0 Å². The first kappa shape index (κ1) is 14.0. The van der Waals surface area contributed by atoms with E-state index in [2.05, 4.69) is 10.3 Å². The second-order valence-corrected chi connectivity index (χ2v) is 4.34. The molecule has 1 aromatic carbocycles. The molecule has 0 unspecified atom stereocenters. The number of hydrogen-bond donors (Lipinski definition) is 3. The lowest BCUT2D eigenvalue weighted by Crippen LogP contribution is -2.05. The van der Waals surface area contributed by atoms with Crippen LogP contribution in [-0.2, 0) is 0 Å². The summed E-state index contributed by atoms with van der Waals surface area (Å²) in [6.45, 7) is 0. The van der Waals surface area contributed by atoms with Gasteiger partial charge in [-0.1, -0.05) is 11.6 Å². The quantitative estimate of drug-likeness (QED) is 0.802. The topological polar surface area (TPSA) is 97.5 Å². The molecule has 0 radical (unpaired) electrons. The number of benzene rings is 1. The molecule has 7 heteroatoms. The number of methoxy groups -OCH3 is 1. The van der Waals surface area contributed by atoms with Crippen LogP contribution in [0.2, 0.25) is 5.02 Å². The van der Waals surface area contributed by atoms with Crippen molar-refractivity contribution in [2.75, 3.05) is 18.2 Å². The number of nitrogen functional groups attached to an aromatic ring is 1. The Morgan fingerprint density at radius 2 is 2.20 bits per heavy atom. The largest absolute Gasteiger partial charge is 0.495 e. The lowest BCUT2D eigenvalue weighted by atomic mass is 10.2. The number of pyridine rings is 1. The number of hydrogen-bond acceptors (Lipinski definition) is 5. The molecular formula is C13H12ClN3O3. The van der Waals surface area contributed by atoms with Gasteiger partial charge in [0.2, 0.25) is 0 Å². The molecule has 6 nitrogen and oxygen atoms in total. The van der Waals surface area contributed by atoms with Crippen LogP contribution < -0.4 is 15.8 Å². The Labute approximate surface area is 120 Å². The van der Waals surface area contributed by atoms with Crippen LogP contribution in [0, 0.1) is 0 Å². The van der Waals surface area contributed by atoms with E-state index in [9.17, 15) is 4.79 Å². The normalized spacial score (nSPS) is 10.1. The predicted octanol–water partition coefficient (Wildman–Crippen LogP) is 2.77. The standard InChI is InChI=1S/C13H12ClN3O3/c1-20-11-4-7(2-3-9(11)14)17-12-5-8(13(18)19)10(15)6-16-12/h2-6H,15H2,1H3,(H,16,17)(H,18,19). The number of carboxylic acid groups (broad SMARTS) is 1. The Hall–Kier alpha value is -2.47. The van der Waals surface area contributed by atoms with Crippen molar-refractivity contribution in [2.24, 2.45) is 0 Å². The highest BCUT2D eigenvalue weighted by Gasteiger charge is 2.10. The third-order valence-corrected chi connectivity index (χ3v) is 2.90. The average molecular weight is 294 g/mol. The molecule has 0 fully saturated rings. The SMILES string of the molecule is COc1cc(Nc2cc(C(=O)O)c(N)cn2)ccc1Cl. The maximum absolute atomic E-state index is 11.0. The van der Waals surface area contributed by atoms with E-state index in [1.165, 1.54) is 19.4 Å². The van der Waals surface area contributed by atoms with E-state index in [-0.39, 0.29) is 11.3 Å². The number of aromatic carboxylic acids is 1. The Balaban J connectivity index is 2.30. The van der Waals surface area contributed by atoms with Gasteiger partial charge in [-0.05, 0) is 18.2 Å². The van der Waals surface area contributed by atoms with Crippen molar-refractivity contribution in [2.45, 2.75) is 0 Å². The van der Waals surface area contributed by atoms with Gasteiger partial charge in [-0.2, -0.15) is 0 Å². The predicted molar refractivity (Wildman–Crippen MR) is 76.9 cm³/mol. The molecule has 0 atom stereocenters.